The van der Waals surface area contributed by atoms with Gasteiger partial charge in [-0.25, -0.2) is 0 Å². The minimum atomic E-state index is 0. The molecule has 0 aromatic rings. The maximum absolute atomic E-state index is 3.50. The third-order valence-corrected chi connectivity index (χ3v) is 5.48. The summed E-state index contributed by atoms with van der Waals surface area (Å²) in [6.07, 6.45) is 1.30. The molecule has 0 spiro atoms. The molecule has 2 saturated heterocycles. The number of hydrogen-bond acceptors (Lipinski definition) is 3. The van der Waals surface area contributed by atoms with Crippen LogP contribution in [0.25, 0.3) is 0 Å². The molecule has 120 valence electrons. The lowest BCUT2D eigenvalue weighted by Crippen LogP contribution is -2.55. The van der Waals surface area contributed by atoms with Gasteiger partial charge in [0.05, 0.1) is 0 Å². The van der Waals surface area contributed by atoms with Gasteiger partial charge in [0.2, 0.25) is 0 Å². The lowest BCUT2D eigenvalue weighted by atomic mass is 10.1. The van der Waals surface area contributed by atoms with E-state index in [4.69, 9.17) is 0 Å². The molecule has 4 atom stereocenters. The van der Waals surface area contributed by atoms with Crippen LogP contribution in [0.1, 0.15) is 27.2 Å². The number of piperazine rings is 1. The average molecular weight is 324 g/mol. The standard InChI is InChI=1S/C15H29N3.2ClH/c1-4-12-9-17(5-6-18(12)11(2)3)10-15-13-7-16-8-14(13)15;;/h11-16H,4-10H2,1-3H3;2*1H/t12?,13-,14+,15?;;. The second-order valence-corrected chi connectivity index (χ2v) is 6.80. The summed E-state index contributed by atoms with van der Waals surface area (Å²) in [6.45, 7) is 14.9. The molecule has 0 bridgehead atoms. The lowest BCUT2D eigenvalue weighted by Gasteiger charge is -2.43. The topological polar surface area (TPSA) is 18.5 Å². The van der Waals surface area contributed by atoms with Crippen LogP contribution in [0.15, 0.2) is 0 Å². The monoisotopic (exact) mass is 323 g/mol. The number of fused-ring (bicyclic) bond motifs is 1. The Morgan fingerprint density at radius 1 is 1.10 bits per heavy atom. The molecular weight excluding hydrogens is 293 g/mol. The van der Waals surface area contributed by atoms with Gasteiger partial charge < -0.3 is 10.2 Å². The second kappa shape index (κ2) is 7.64. The molecule has 3 rings (SSSR count). The SMILES string of the molecule is CCC1CN(CC2[C@H]3CNC[C@@H]23)CCN1C(C)C.Cl.Cl. The second-order valence-electron chi connectivity index (χ2n) is 6.80. The number of hydrogen-bond donors (Lipinski definition) is 1. The van der Waals surface area contributed by atoms with Crippen LogP contribution in [0.3, 0.4) is 0 Å². The van der Waals surface area contributed by atoms with Gasteiger partial charge in [-0.15, -0.1) is 24.8 Å². The Labute approximate surface area is 136 Å². The molecule has 2 unspecified atom stereocenters. The van der Waals surface area contributed by atoms with Crippen molar-refractivity contribution in [1.29, 1.82) is 0 Å². The summed E-state index contributed by atoms with van der Waals surface area (Å²) in [7, 11) is 0. The fourth-order valence-electron chi connectivity index (χ4n) is 4.26. The van der Waals surface area contributed by atoms with Crippen LogP contribution in [0.2, 0.25) is 0 Å². The highest BCUT2D eigenvalue weighted by Gasteiger charge is 2.53. The summed E-state index contributed by atoms with van der Waals surface area (Å²) in [5.41, 5.74) is 0. The first-order chi connectivity index (χ1) is 8.70. The van der Waals surface area contributed by atoms with Crippen LogP contribution in [-0.4, -0.2) is 61.2 Å². The summed E-state index contributed by atoms with van der Waals surface area (Å²) >= 11 is 0. The fourth-order valence-corrected chi connectivity index (χ4v) is 4.26. The molecule has 0 amide bonds. The zero-order chi connectivity index (χ0) is 12.7. The van der Waals surface area contributed by atoms with Gasteiger partial charge in [-0.3, -0.25) is 4.90 Å². The van der Waals surface area contributed by atoms with Crippen molar-refractivity contribution in [1.82, 2.24) is 15.1 Å². The number of nitrogens with zero attached hydrogens (tertiary/aromatic N) is 2. The lowest BCUT2D eigenvalue weighted by molar-refractivity contribution is 0.0456. The molecule has 20 heavy (non-hydrogen) atoms. The summed E-state index contributed by atoms with van der Waals surface area (Å²) in [5.74, 6) is 3.07. The van der Waals surface area contributed by atoms with Crippen molar-refractivity contribution >= 4 is 24.8 Å². The third-order valence-electron chi connectivity index (χ3n) is 5.48. The maximum Gasteiger partial charge on any atom is 0.0223 e. The van der Waals surface area contributed by atoms with Gasteiger partial charge in [-0.05, 0) is 51.1 Å². The first kappa shape index (κ1) is 18.5. The number of halogens is 2. The predicted molar refractivity (Wildman–Crippen MR) is 90.2 cm³/mol. The summed E-state index contributed by atoms with van der Waals surface area (Å²) in [4.78, 5) is 5.45. The van der Waals surface area contributed by atoms with E-state index in [0.29, 0.717) is 6.04 Å². The highest BCUT2D eigenvalue weighted by molar-refractivity contribution is 5.85. The molecule has 0 aromatic carbocycles. The van der Waals surface area contributed by atoms with Crippen molar-refractivity contribution in [2.45, 2.75) is 39.3 Å². The zero-order valence-corrected chi connectivity index (χ0v) is 14.7. The Balaban J connectivity index is 0.000001000. The van der Waals surface area contributed by atoms with E-state index < -0.39 is 0 Å². The molecular formula is C15H31Cl2N3. The van der Waals surface area contributed by atoms with Crippen LogP contribution in [0.5, 0.6) is 0 Å². The molecule has 3 fully saturated rings. The summed E-state index contributed by atoms with van der Waals surface area (Å²) < 4.78 is 0. The number of piperidine rings is 1. The fraction of sp³-hybridized carbons (Fsp3) is 1.00. The molecule has 1 saturated carbocycles. The van der Waals surface area contributed by atoms with E-state index in [9.17, 15) is 0 Å². The van der Waals surface area contributed by atoms with Crippen molar-refractivity contribution < 1.29 is 0 Å². The number of rotatable bonds is 4. The molecule has 1 N–H and O–H groups in total. The van der Waals surface area contributed by atoms with Crippen molar-refractivity contribution in [3.05, 3.63) is 0 Å². The first-order valence-electron chi connectivity index (χ1n) is 7.89. The van der Waals surface area contributed by atoms with Crippen LogP contribution in [0.4, 0.5) is 0 Å². The van der Waals surface area contributed by atoms with Crippen LogP contribution >= 0.6 is 24.8 Å². The van der Waals surface area contributed by atoms with Gasteiger partial charge in [-0.1, -0.05) is 6.92 Å². The van der Waals surface area contributed by atoms with Gasteiger partial charge in [-0.2, -0.15) is 0 Å². The van der Waals surface area contributed by atoms with Gasteiger partial charge in [0.1, 0.15) is 0 Å². The summed E-state index contributed by atoms with van der Waals surface area (Å²) in [6, 6.07) is 1.50. The Morgan fingerprint density at radius 2 is 1.75 bits per heavy atom. The van der Waals surface area contributed by atoms with E-state index in [0.717, 1.165) is 23.8 Å². The smallest absolute Gasteiger partial charge is 0.0223 e. The molecule has 3 aliphatic rings. The summed E-state index contributed by atoms with van der Waals surface area (Å²) in [5, 5.41) is 3.50. The maximum atomic E-state index is 3.50. The Bertz CT molecular complexity index is 291. The molecule has 3 nitrogen and oxygen atoms in total. The van der Waals surface area contributed by atoms with Crippen LogP contribution < -0.4 is 5.32 Å². The highest BCUT2D eigenvalue weighted by Crippen LogP contribution is 2.49. The predicted octanol–water partition coefficient (Wildman–Crippen LogP) is 2.10. The molecule has 2 heterocycles. The van der Waals surface area contributed by atoms with Crippen molar-refractivity contribution in [2.75, 3.05) is 39.3 Å². The Hall–Kier alpha value is 0.460. The quantitative estimate of drug-likeness (QED) is 0.854. The normalized spacial score (nSPS) is 37.2. The third kappa shape index (κ3) is 3.61. The zero-order valence-electron chi connectivity index (χ0n) is 13.0. The molecule has 1 aliphatic carbocycles. The minimum absolute atomic E-state index is 0. The van der Waals surface area contributed by atoms with E-state index in [1.165, 1.54) is 45.7 Å². The Morgan fingerprint density at radius 3 is 2.30 bits per heavy atom. The number of nitrogens with one attached hydrogen (secondary N) is 1. The van der Waals surface area contributed by atoms with E-state index in [-0.39, 0.29) is 24.8 Å². The van der Waals surface area contributed by atoms with E-state index in [2.05, 4.69) is 35.9 Å². The molecule has 5 heteroatoms. The van der Waals surface area contributed by atoms with Gasteiger partial charge >= 0.3 is 0 Å². The first-order valence-corrected chi connectivity index (χ1v) is 7.89. The van der Waals surface area contributed by atoms with Crippen molar-refractivity contribution in [3.8, 4) is 0 Å². The van der Waals surface area contributed by atoms with Gasteiger partial charge in [0.25, 0.3) is 0 Å². The minimum Gasteiger partial charge on any atom is -0.316 e. The van der Waals surface area contributed by atoms with Crippen LogP contribution in [0, 0.1) is 17.8 Å². The van der Waals surface area contributed by atoms with E-state index in [1.54, 1.807) is 0 Å². The van der Waals surface area contributed by atoms with Crippen molar-refractivity contribution in [2.24, 2.45) is 17.8 Å². The molecule has 0 radical (unpaired) electrons. The highest BCUT2D eigenvalue weighted by atomic mass is 35.5. The van der Waals surface area contributed by atoms with E-state index >= 15 is 0 Å². The van der Waals surface area contributed by atoms with Gasteiger partial charge in [0, 0.05) is 38.3 Å². The van der Waals surface area contributed by atoms with Gasteiger partial charge in [0.15, 0.2) is 0 Å². The molecule has 0 aromatic heterocycles. The van der Waals surface area contributed by atoms with E-state index in [1.807, 2.05) is 0 Å². The molecule has 2 aliphatic heterocycles. The van der Waals surface area contributed by atoms with Crippen LogP contribution in [-0.2, 0) is 0 Å². The van der Waals surface area contributed by atoms with Crippen molar-refractivity contribution in [3.63, 3.8) is 0 Å². The average Bonchev–Trinajstić information content (AvgIpc) is 2.81. The Kier molecular flexibility index (Phi) is 7.07. The largest absolute Gasteiger partial charge is 0.316 e.